The predicted octanol–water partition coefficient (Wildman–Crippen LogP) is -0.0183. The average Bonchev–Trinajstić information content (AvgIpc) is 2.55. The number of nitrogens with one attached hydrogen (secondary N) is 3. The van der Waals surface area contributed by atoms with Crippen molar-refractivity contribution >= 4 is 41.2 Å². The van der Waals surface area contributed by atoms with Crippen LogP contribution in [0.1, 0.15) is 5.69 Å². The van der Waals surface area contributed by atoms with Crippen molar-refractivity contribution < 1.29 is 9.90 Å². The Balaban J connectivity index is 2.55. The minimum absolute atomic E-state index is 0.0276. The number of hydrogen-bond donors (Lipinski definition) is 4. The molecule has 1 amide bonds. The van der Waals surface area contributed by atoms with Gasteiger partial charge in [-0.05, 0) is 24.4 Å². The number of imidazole rings is 1. The lowest BCUT2D eigenvalue weighted by atomic mass is 10.3. The number of H-pyrrole nitrogens is 2. The molecular formula is C6H4N4O2S2. The SMILES string of the molecule is O=C1NC(=S)N=C1c1[nH]c(=S)[nH]c1O. The van der Waals surface area contributed by atoms with Crippen LogP contribution in [0.4, 0.5) is 0 Å². The number of hydrogen-bond acceptors (Lipinski definition) is 4. The van der Waals surface area contributed by atoms with Gasteiger partial charge in [0.2, 0.25) is 11.0 Å². The van der Waals surface area contributed by atoms with Gasteiger partial charge in [-0.1, -0.05) is 0 Å². The first-order chi connectivity index (χ1) is 6.58. The monoisotopic (exact) mass is 228 g/mol. The zero-order valence-electron chi connectivity index (χ0n) is 6.62. The normalized spacial score (nSPS) is 15.6. The Morgan fingerprint density at radius 3 is 2.43 bits per heavy atom. The van der Waals surface area contributed by atoms with Crippen LogP contribution < -0.4 is 5.32 Å². The Morgan fingerprint density at radius 1 is 1.29 bits per heavy atom. The quantitative estimate of drug-likeness (QED) is 0.508. The fourth-order valence-corrected chi connectivity index (χ4v) is 1.43. The molecule has 1 aliphatic heterocycles. The summed E-state index contributed by atoms with van der Waals surface area (Å²) in [5.74, 6) is -0.691. The Morgan fingerprint density at radius 2 is 2.00 bits per heavy atom. The molecule has 0 saturated heterocycles. The second kappa shape index (κ2) is 3.00. The van der Waals surface area contributed by atoms with Gasteiger partial charge >= 0.3 is 0 Å². The maximum Gasteiger partial charge on any atom is 0.278 e. The van der Waals surface area contributed by atoms with E-state index in [1.54, 1.807) is 0 Å². The molecule has 0 radical (unpaired) electrons. The van der Waals surface area contributed by atoms with E-state index in [-0.39, 0.29) is 27.2 Å². The standard InChI is InChI=1S/C6H4N4O2S2/c11-3-1(7-5(13)9-3)2-4(12)10-6(14)8-2/h11H,(H2,7,9,13)(H,10,12,14). The van der Waals surface area contributed by atoms with Crippen LogP contribution in [-0.4, -0.2) is 31.8 Å². The molecule has 1 aromatic rings. The maximum absolute atomic E-state index is 11.2. The molecule has 0 spiro atoms. The van der Waals surface area contributed by atoms with Crippen LogP contribution in [0, 0.1) is 4.77 Å². The van der Waals surface area contributed by atoms with Crippen LogP contribution in [-0.2, 0) is 4.79 Å². The molecular weight excluding hydrogens is 224 g/mol. The summed E-state index contributed by atoms with van der Waals surface area (Å²) in [4.78, 5) is 20.0. The third kappa shape index (κ3) is 1.34. The number of aromatic nitrogens is 2. The van der Waals surface area contributed by atoms with Gasteiger partial charge in [-0.3, -0.25) is 10.1 Å². The van der Waals surface area contributed by atoms with Gasteiger partial charge in [0.25, 0.3) is 5.91 Å². The lowest BCUT2D eigenvalue weighted by Gasteiger charge is -1.93. The molecule has 2 rings (SSSR count). The second-order valence-corrected chi connectivity index (χ2v) is 3.32. The Labute approximate surface area is 88.1 Å². The van der Waals surface area contributed by atoms with E-state index in [1.807, 2.05) is 0 Å². The summed E-state index contributed by atoms with van der Waals surface area (Å²) >= 11 is 9.41. The zero-order valence-corrected chi connectivity index (χ0v) is 8.25. The molecule has 0 bridgehead atoms. The average molecular weight is 228 g/mol. The lowest BCUT2D eigenvalue weighted by molar-refractivity contribution is -0.113. The summed E-state index contributed by atoms with van der Waals surface area (Å²) in [7, 11) is 0. The molecule has 2 heterocycles. The fourth-order valence-electron chi connectivity index (χ4n) is 1.05. The predicted molar refractivity (Wildman–Crippen MR) is 54.9 cm³/mol. The largest absolute Gasteiger partial charge is 0.493 e. The fraction of sp³-hybridized carbons (Fsp3) is 0. The molecule has 4 N–H and O–H groups in total. The van der Waals surface area contributed by atoms with Gasteiger partial charge in [0.15, 0.2) is 10.5 Å². The molecule has 0 aliphatic carbocycles. The van der Waals surface area contributed by atoms with E-state index in [1.165, 1.54) is 0 Å². The van der Waals surface area contributed by atoms with Crippen molar-refractivity contribution in [3.8, 4) is 5.88 Å². The van der Waals surface area contributed by atoms with Gasteiger partial charge in [-0.2, -0.15) is 0 Å². The van der Waals surface area contributed by atoms with Gasteiger partial charge in [-0.15, -0.1) is 0 Å². The highest BCUT2D eigenvalue weighted by atomic mass is 32.1. The van der Waals surface area contributed by atoms with Crippen molar-refractivity contribution in [1.29, 1.82) is 0 Å². The van der Waals surface area contributed by atoms with Gasteiger partial charge in [0.05, 0.1) is 0 Å². The first-order valence-electron chi connectivity index (χ1n) is 3.53. The van der Waals surface area contributed by atoms with Crippen LogP contribution in [0.3, 0.4) is 0 Å². The van der Waals surface area contributed by atoms with Crippen LogP contribution in [0.15, 0.2) is 4.99 Å². The number of thiocarbonyl (C=S) groups is 1. The summed E-state index contributed by atoms with van der Waals surface area (Å²) in [6.45, 7) is 0. The van der Waals surface area contributed by atoms with Crippen LogP contribution in [0.25, 0.3) is 0 Å². The first kappa shape index (κ1) is 9.03. The highest BCUT2D eigenvalue weighted by Gasteiger charge is 2.25. The minimum atomic E-state index is -0.462. The van der Waals surface area contributed by atoms with Crippen LogP contribution in [0.5, 0.6) is 5.88 Å². The topological polar surface area (TPSA) is 93.3 Å². The van der Waals surface area contributed by atoms with Gasteiger partial charge in [-0.25, -0.2) is 4.99 Å². The summed E-state index contributed by atoms with van der Waals surface area (Å²) < 4.78 is 0.214. The molecule has 0 unspecified atom stereocenters. The van der Waals surface area contributed by atoms with Crippen molar-refractivity contribution in [2.75, 3.05) is 0 Å². The van der Waals surface area contributed by atoms with E-state index in [4.69, 9.17) is 12.2 Å². The number of aromatic amines is 2. The molecule has 6 nitrogen and oxygen atoms in total. The number of nitrogens with zero attached hydrogens (tertiary/aromatic N) is 1. The molecule has 8 heteroatoms. The maximum atomic E-state index is 11.2. The Bertz CT molecular complexity index is 512. The molecule has 72 valence electrons. The van der Waals surface area contributed by atoms with E-state index >= 15 is 0 Å². The Hall–Kier alpha value is -1.54. The van der Waals surface area contributed by atoms with Crippen molar-refractivity contribution in [2.24, 2.45) is 4.99 Å². The van der Waals surface area contributed by atoms with E-state index in [9.17, 15) is 9.90 Å². The van der Waals surface area contributed by atoms with E-state index in [0.29, 0.717) is 0 Å². The number of rotatable bonds is 1. The summed E-state index contributed by atoms with van der Waals surface area (Å²) in [6.07, 6.45) is 0. The summed E-state index contributed by atoms with van der Waals surface area (Å²) in [5, 5.41) is 11.7. The lowest BCUT2D eigenvalue weighted by Crippen LogP contribution is -2.25. The second-order valence-electron chi connectivity index (χ2n) is 2.52. The molecule has 0 saturated carbocycles. The number of aromatic hydroxyl groups is 1. The van der Waals surface area contributed by atoms with Crippen LogP contribution in [0.2, 0.25) is 0 Å². The number of carbonyl (C=O) groups excluding carboxylic acids is 1. The molecule has 0 aromatic carbocycles. The Kier molecular flexibility index (Phi) is 1.93. The third-order valence-electron chi connectivity index (χ3n) is 1.59. The third-order valence-corrected chi connectivity index (χ3v) is 1.99. The highest BCUT2D eigenvalue weighted by molar-refractivity contribution is 7.80. The van der Waals surface area contributed by atoms with E-state index in [2.05, 4.69) is 32.5 Å². The van der Waals surface area contributed by atoms with Gasteiger partial charge < -0.3 is 15.1 Å². The number of carbonyl (C=O) groups is 1. The molecule has 0 atom stereocenters. The molecule has 0 fully saturated rings. The van der Waals surface area contributed by atoms with Gasteiger partial charge in [0.1, 0.15) is 5.69 Å². The first-order valence-corrected chi connectivity index (χ1v) is 4.35. The van der Waals surface area contributed by atoms with Gasteiger partial charge in [0, 0.05) is 0 Å². The zero-order chi connectivity index (χ0) is 10.3. The van der Waals surface area contributed by atoms with Crippen molar-refractivity contribution in [3.63, 3.8) is 0 Å². The molecule has 1 aromatic heterocycles. The summed E-state index contributed by atoms with van der Waals surface area (Å²) in [5.41, 5.74) is 0.173. The smallest absolute Gasteiger partial charge is 0.278 e. The number of amides is 1. The van der Waals surface area contributed by atoms with E-state index < -0.39 is 5.91 Å². The van der Waals surface area contributed by atoms with E-state index in [0.717, 1.165) is 0 Å². The molecule has 1 aliphatic rings. The highest BCUT2D eigenvalue weighted by Crippen LogP contribution is 2.14. The molecule has 14 heavy (non-hydrogen) atoms. The van der Waals surface area contributed by atoms with Crippen molar-refractivity contribution in [3.05, 3.63) is 10.5 Å². The van der Waals surface area contributed by atoms with Crippen LogP contribution >= 0.6 is 24.4 Å². The minimum Gasteiger partial charge on any atom is -0.493 e. The van der Waals surface area contributed by atoms with Crippen molar-refractivity contribution in [1.82, 2.24) is 15.3 Å². The number of aliphatic imine (C=N–C) groups is 1. The summed E-state index contributed by atoms with van der Waals surface area (Å²) in [6, 6.07) is 0. The van der Waals surface area contributed by atoms with Crippen molar-refractivity contribution in [2.45, 2.75) is 0 Å².